The zero-order chi connectivity index (χ0) is 15.1. The Bertz CT molecular complexity index is 612. The van der Waals surface area contributed by atoms with Crippen LogP contribution in [0.2, 0.25) is 0 Å². The van der Waals surface area contributed by atoms with E-state index in [-0.39, 0.29) is 24.8 Å². The smallest absolute Gasteiger partial charge is 0.280 e. The van der Waals surface area contributed by atoms with Gasteiger partial charge in [0.1, 0.15) is 0 Å². The molecule has 2 amide bonds. The lowest BCUT2D eigenvalue weighted by atomic mass is 10.3. The maximum Gasteiger partial charge on any atom is 0.280 e. The highest BCUT2D eigenvalue weighted by Gasteiger charge is 2.10. The zero-order valence-electron chi connectivity index (χ0n) is 11.6. The first-order valence-corrected chi connectivity index (χ1v) is 7.43. The monoisotopic (exact) mass is 304 g/mol. The summed E-state index contributed by atoms with van der Waals surface area (Å²) in [6, 6.07) is 3.41. The molecule has 2 aromatic heterocycles. The fourth-order valence-corrected chi connectivity index (χ4v) is 2.37. The minimum atomic E-state index is -0.239. The Morgan fingerprint density at radius 1 is 1.29 bits per heavy atom. The number of hydrogen-bond donors (Lipinski definition) is 2. The largest absolute Gasteiger partial charge is 0.349 e. The van der Waals surface area contributed by atoms with E-state index in [9.17, 15) is 9.59 Å². The summed E-state index contributed by atoms with van der Waals surface area (Å²) in [5.41, 5.74) is 0.689. The predicted molar refractivity (Wildman–Crippen MR) is 81.3 cm³/mol. The van der Waals surface area contributed by atoms with Gasteiger partial charge in [-0.3, -0.25) is 14.6 Å². The molecular formula is C14H16N4O2S. The van der Waals surface area contributed by atoms with Gasteiger partial charge < -0.3 is 10.6 Å². The van der Waals surface area contributed by atoms with Gasteiger partial charge in [-0.15, -0.1) is 11.3 Å². The first-order valence-electron chi connectivity index (χ1n) is 6.62. The first kappa shape index (κ1) is 15.1. The van der Waals surface area contributed by atoms with Crippen LogP contribution in [0.3, 0.4) is 0 Å². The normalized spacial score (nSPS) is 10.1. The van der Waals surface area contributed by atoms with Crippen LogP contribution in [0.25, 0.3) is 0 Å². The summed E-state index contributed by atoms with van der Waals surface area (Å²) in [7, 11) is 0. The molecule has 0 bridgehead atoms. The van der Waals surface area contributed by atoms with Crippen molar-refractivity contribution < 1.29 is 9.59 Å². The van der Waals surface area contributed by atoms with Gasteiger partial charge in [-0.2, -0.15) is 0 Å². The number of nitrogens with zero attached hydrogens (tertiary/aromatic N) is 2. The number of pyridine rings is 1. The molecule has 0 radical (unpaired) electrons. The number of thiazole rings is 1. The van der Waals surface area contributed by atoms with Crippen molar-refractivity contribution >= 4 is 28.8 Å². The highest BCUT2D eigenvalue weighted by Crippen LogP contribution is 2.12. The maximum atomic E-state index is 11.8. The van der Waals surface area contributed by atoms with Crippen LogP contribution in [-0.2, 0) is 11.2 Å². The molecule has 21 heavy (non-hydrogen) atoms. The van der Waals surface area contributed by atoms with Crippen molar-refractivity contribution in [2.75, 3.05) is 11.9 Å². The summed E-state index contributed by atoms with van der Waals surface area (Å²) >= 11 is 1.37. The molecule has 0 saturated heterocycles. The van der Waals surface area contributed by atoms with Crippen molar-refractivity contribution in [1.82, 2.24) is 15.3 Å². The van der Waals surface area contributed by atoms with Gasteiger partial charge in [0.2, 0.25) is 5.91 Å². The number of carbonyl (C=O) groups is 2. The summed E-state index contributed by atoms with van der Waals surface area (Å²) in [6.07, 6.45) is 5.98. The highest BCUT2D eigenvalue weighted by molar-refractivity contribution is 7.13. The second-order valence-corrected chi connectivity index (χ2v) is 5.39. The van der Waals surface area contributed by atoms with Gasteiger partial charge in [0.25, 0.3) is 5.91 Å². The van der Waals surface area contributed by atoms with Gasteiger partial charge in [-0.25, -0.2) is 4.98 Å². The van der Waals surface area contributed by atoms with E-state index in [4.69, 9.17) is 0 Å². The molecule has 0 aliphatic rings. The van der Waals surface area contributed by atoms with E-state index in [0.717, 1.165) is 11.3 Å². The van der Waals surface area contributed by atoms with E-state index in [1.807, 2.05) is 6.92 Å². The number of carbonyl (C=O) groups excluding carboxylic acids is 2. The summed E-state index contributed by atoms with van der Waals surface area (Å²) < 4.78 is 0. The Kier molecular flexibility index (Phi) is 5.39. The van der Waals surface area contributed by atoms with Gasteiger partial charge in [-0.05, 0) is 18.6 Å². The Morgan fingerprint density at radius 2 is 2.05 bits per heavy atom. The van der Waals surface area contributed by atoms with Crippen molar-refractivity contribution in [2.45, 2.75) is 19.8 Å². The topological polar surface area (TPSA) is 84.0 Å². The number of amides is 2. The number of rotatable bonds is 6. The van der Waals surface area contributed by atoms with E-state index < -0.39 is 0 Å². The molecule has 0 unspecified atom stereocenters. The third-order valence-electron chi connectivity index (χ3n) is 2.70. The van der Waals surface area contributed by atoms with Crippen LogP contribution in [0.1, 0.15) is 28.0 Å². The second-order valence-electron chi connectivity index (χ2n) is 4.28. The third-order valence-corrected chi connectivity index (χ3v) is 3.84. The fourth-order valence-electron chi connectivity index (χ4n) is 1.60. The fraction of sp³-hybridized carbons (Fsp3) is 0.286. The van der Waals surface area contributed by atoms with E-state index in [1.54, 1.807) is 30.7 Å². The number of anilines is 1. The van der Waals surface area contributed by atoms with Crippen LogP contribution < -0.4 is 10.6 Å². The van der Waals surface area contributed by atoms with Crippen LogP contribution in [0.15, 0.2) is 30.7 Å². The van der Waals surface area contributed by atoms with Crippen molar-refractivity contribution in [3.63, 3.8) is 0 Å². The summed E-state index contributed by atoms with van der Waals surface area (Å²) in [4.78, 5) is 32.5. The lowest BCUT2D eigenvalue weighted by Gasteiger charge is -2.05. The molecule has 0 spiro atoms. The second kappa shape index (κ2) is 7.49. The van der Waals surface area contributed by atoms with E-state index in [2.05, 4.69) is 20.6 Å². The van der Waals surface area contributed by atoms with Crippen molar-refractivity contribution in [1.29, 1.82) is 0 Å². The lowest BCUT2D eigenvalue weighted by Crippen LogP contribution is -2.27. The molecule has 110 valence electrons. The van der Waals surface area contributed by atoms with Gasteiger partial charge in [0.05, 0.1) is 0 Å². The molecular weight excluding hydrogens is 288 g/mol. The highest BCUT2D eigenvalue weighted by atomic mass is 32.1. The quantitative estimate of drug-likeness (QED) is 0.853. The van der Waals surface area contributed by atoms with Crippen molar-refractivity contribution in [2.24, 2.45) is 0 Å². The molecule has 6 nitrogen and oxygen atoms in total. The van der Waals surface area contributed by atoms with Crippen LogP contribution in [0.4, 0.5) is 5.69 Å². The van der Waals surface area contributed by atoms with Crippen LogP contribution >= 0.6 is 11.3 Å². The molecule has 7 heteroatoms. The molecule has 0 saturated carbocycles. The summed E-state index contributed by atoms with van der Waals surface area (Å²) in [6.45, 7) is 2.29. The van der Waals surface area contributed by atoms with E-state index >= 15 is 0 Å². The Morgan fingerprint density at radius 3 is 2.71 bits per heavy atom. The minimum Gasteiger partial charge on any atom is -0.349 e. The zero-order valence-corrected chi connectivity index (χ0v) is 12.4. The number of aromatic nitrogens is 2. The Hall–Kier alpha value is -2.28. The van der Waals surface area contributed by atoms with Gasteiger partial charge in [0, 0.05) is 42.1 Å². The average molecular weight is 304 g/mol. The predicted octanol–water partition coefficient (Wildman–Crippen LogP) is 1.86. The molecule has 2 rings (SSSR count). The lowest BCUT2D eigenvalue weighted by molar-refractivity contribution is -0.116. The number of nitrogens with one attached hydrogen (secondary N) is 2. The van der Waals surface area contributed by atoms with Crippen molar-refractivity contribution in [3.8, 4) is 0 Å². The first-order chi connectivity index (χ1) is 10.2. The molecule has 0 atom stereocenters. The third kappa shape index (κ3) is 4.64. The maximum absolute atomic E-state index is 11.8. The molecule has 0 aliphatic heterocycles. The van der Waals surface area contributed by atoms with E-state index in [0.29, 0.717) is 10.7 Å². The van der Waals surface area contributed by atoms with Gasteiger partial charge in [-0.1, -0.05) is 6.92 Å². The van der Waals surface area contributed by atoms with Crippen molar-refractivity contribution in [3.05, 3.63) is 40.6 Å². The van der Waals surface area contributed by atoms with Crippen LogP contribution in [0, 0.1) is 0 Å². The molecule has 2 aromatic rings. The van der Waals surface area contributed by atoms with Crippen LogP contribution in [0.5, 0.6) is 0 Å². The molecule has 2 N–H and O–H groups in total. The molecule has 0 fully saturated rings. The Balaban J connectivity index is 1.73. The average Bonchev–Trinajstić information content (AvgIpc) is 2.97. The van der Waals surface area contributed by atoms with Gasteiger partial charge in [0.15, 0.2) is 5.01 Å². The Labute approximate surface area is 126 Å². The molecule has 2 heterocycles. The van der Waals surface area contributed by atoms with Gasteiger partial charge >= 0.3 is 0 Å². The van der Waals surface area contributed by atoms with Crippen LogP contribution in [-0.4, -0.2) is 28.3 Å². The standard InChI is InChI=1S/C14H16N4O2S/c1-2-11-9-17-14(21-11)13(20)16-8-5-12(19)18-10-3-6-15-7-4-10/h3-4,6-7,9H,2,5,8H2,1H3,(H,16,20)(H,15,18,19). The number of aryl methyl sites for hydroxylation is 1. The minimum absolute atomic E-state index is 0.158. The van der Waals surface area contributed by atoms with E-state index in [1.165, 1.54) is 11.3 Å². The number of hydrogen-bond acceptors (Lipinski definition) is 5. The SMILES string of the molecule is CCc1cnc(C(=O)NCCC(=O)Nc2ccncc2)s1. The summed E-state index contributed by atoms with van der Waals surface area (Å²) in [5, 5.41) is 5.85. The summed E-state index contributed by atoms with van der Waals surface area (Å²) in [5.74, 6) is -0.397. The molecule has 0 aliphatic carbocycles. The molecule has 0 aromatic carbocycles.